The van der Waals surface area contributed by atoms with Crippen molar-refractivity contribution >= 4 is 29.1 Å². The number of carbonyl (C=O) groups excluding carboxylic acids is 1. The molecule has 0 spiro atoms. The van der Waals surface area contributed by atoms with Crippen LogP contribution in [0.15, 0.2) is 77.8 Å². The maximum absolute atomic E-state index is 12.2. The SMILES string of the molecule is O=C1NC=CC=CC1NCc1ccc(Nc2nn(-c3ccc(Cl)cc3)c(=O)[nH]2)cc1. The molecule has 0 saturated heterocycles. The number of aromatic nitrogens is 3. The zero-order valence-corrected chi connectivity index (χ0v) is 16.6. The number of amides is 1. The smallest absolute Gasteiger partial charge is 0.331 e. The summed E-state index contributed by atoms with van der Waals surface area (Å²) in [7, 11) is 0. The molecule has 1 aliphatic rings. The molecule has 1 aromatic heterocycles. The van der Waals surface area contributed by atoms with Gasteiger partial charge in [0.2, 0.25) is 11.9 Å². The van der Waals surface area contributed by atoms with E-state index >= 15 is 0 Å². The van der Waals surface area contributed by atoms with Gasteiger partial charge in [-0.15, -0.1) is 5.10 Å². The number of allylic oxidation sites excluding steroid dienone is 2. The Labute approximate surface area is 177 Å². The molecule has 152 valence electrons. The van der Waals surface area contributed by atoms with E-state index in [2.05, 4.69) is 26.0 Å². The topological polar surface area (TPSA) is 104 Å². The van der Waals surface area contributed by atoms with Gasteiger partial charge in [0.05, 0.1) is 5.69 Å². The number of benzene rings is 2. The number of halogens is 1. The molecule has 1 amide bonds. The average Bonchev–Trinajstić information content (AvgIpc) is 2.98. The second-order valence-electron chi connectivity index (χ2n) is 6.60. The number of aromatic amines is 1. The highest BCUT2D eigenvalue weighted by molar-refractivity contribution is 6.30. The molecule has 1 atom stereocenters. The predicted molar refractivity (Wildman–Crippen MR) is 116 cm³/mol. The third-order valence-electron chi connectivity index (χ3n) is 4.45. The van der Waals surface area contributed by atoms with Gasteiger partial charge in [0.15, 0.2) is 0 Å². The number of hydrogen-bond donors (Lipinski definition) is 4. The number of nitrogens with zero attached hydrogens (tertiary/aromatic N) is 2. The van der Waals surface area contributed by atoms with E-state index in [0.29, 0.717) is 23.2 Å². The molecular formula is C21H19ClN6O2. The van der Waals surface area contributed by atoms with Gasteiger partial charge >= 0.3 is 5.69 Å². The molecule has 30 heavy (non-hydrogen) atoms. The van der Waals surface area contributed by atoms with Gasteiger partial charge in [0.1, 0.15) is 6.04 Å². The van der Waals surface area contributed by atoms with Gasteiger partial charge in [-0.1, -0.05) is 35.9 Å². The summed E-state index contributed by atoms with van der Waals surface area (Å²) >= 11 is 5.89. The normalized spacial score (nSPS) is 15.6. The highest BCUT2D eigenvalue weighted by Crippen LogP contribution is 2.15. The van der Waals surface area contributed by atoms with Crippen LogP contribution >= 0.6 is 11.6 Å². The zero-order valence-electron chi connectivity index (χ0n) is 15.8. The summed E-state index contributed by atoms with van der Waals surface area (Å²) < 4.78 is 1.26. The fourth-order valence-corrected chi connectivity index (χ4v) is 3.03. The van der Waals surface area contributed by atoms with Crippen molar-refractivity contribution in [2.45, 2.75) is 12.6 Å². The van der Waals surface area contributed by atoms with Gasteiger partial charge in [-0.25, -0.2) is 4.79 Å². The Kier molecular flexibility index (Phi) is 5.78. The Morgan fingerprint density at radius 1 is 1.03 bits per heavy atom. The van der Waals surface area contributed by atoms with Crippen LogP contribution in [0.2, 0.25) is 5.02 Å². The molecule has 0 fully saturated rings. The van der Waals surface area contributed by atoms with Gasteiger partial charge in [-0.05, 0) is 48.0 Å². The fraction of sp³-hybridized carbons (Fsp3) is 0.0952. The lowest BCUT2D eigenvalue weighted by Crippen LogP contribution is -2.40. The van der Waals surface area contributed by atoms with E-state index < -0.39 is 0 Å². The maximum atomic E-state index is 12.2. The lowest BCUT2D eigenvalue weighted by Gasteiger charge is -2.13. The van der Waals surface area contributed by atoms with Crippen LogP contribution in [0.4, 0.5) is 11.6 Å². The Morgan fingerprint density at radius 3 is 2.57 bits per heavy atom. The highest BCUT2D eigenvalue weighted by Gasteiger charge is 2.14. The van der Waals surface area contributed by atoms with Crippen LogP contribution in [0, 0.1) is 0 Å². The van der Waals surface area contributed by atoms with Crippen molar-refractivity contribution in [2.24, 2.45) is 0 Å². The average molecular weight is 423 g/mol. The molecule has 0 radical (unpaired) electrons. The third kappa shape index (κ3) is 4.68. The summed E-state index contributed by atoms with van der Waals surface area (Å²) in [6.45, 7) is 0.532. The van der Waals surface area contributed by atoms with Crippen molar-refractivity contribution in [3.63, 3.8) is 0 Å². The van der Waals surface area contributed by atoms with Gasteiger partial charge in [-0.3, -0.25) is 15.1 Å². The van der Waals surface area contributed by atoms with Crippen molar-refractivity contribution in [2.75, 3.05) is 5.32 Å². The molecule has 0 saturated carbocycles. The van der Waals surface area contributed by atoms with E-state index in [1.165, 1.54) is 4.68 Å². The van der Waals surface area contributed by atoms with Crippen molar-refractivity contribution in [3.8, 4) is 5.69 Å². The van der Waals surface area contributed by atoms with E-state index in [1.54, 1.807) is 36.5 Å². The first-order chi connectivity index (χ1) is 14.6. The maximum Gasteiger partial charge on any atom is 0.349 e. The number of hydrogen-bond acceptors (Lipinski definition) is 5. The first-order valence-corrected chi connectivity index (χ1v) is 9.65. The zero-order chi connectivity index (χ0) is 20.9. The van der Waals surface area contributed by atoms with Crippen molar-refractivity contribution < 1.29 is 4.79 Å². The van der Waals surface area contributed by atoms with E-state index in [4.69, 9.17) is 11.6 Å². The van der Waals surface area contributed by atoms with Crippen molar-refractivity contribution in [1.29, 1.82) is 0 Å². The van der Waals surface area contributed by atoms with E-state index in [0.717, 1.165) is 11.3 Å². The fourth-order valence-electron chi connectivity index (χ4n) is 2.91. The second-order valence-corrected chi connectivity index (χ2v) is 7.04. The molecule has 2 heterocycles. The summed E-state index contributed by atoms with van der Waals surface area (Å²) in [6.07, 6.45) is 7.02. The van der Waals surface area contributed by atoms with Crippen LogP contribution in [0.3, 0.4) is 0 Å². The Bertz CT molecular complexity index is 1150. The van der Waals surface area contributed by atoms with Crippen molar-refractivity contribution in [1.82, 2.24) is 25.4 Å². The summed E-state index contributed by atoms with van der Waals surface area (Å²) in [5, 5.41) is 13.8. The summed E-state index contributed by atoms with van der Waals surface area (Å²) in [5.41, 5.74) is 2.04. The minimum Gasteiger partial charge on any atom is -0.331 e. The number of rotatable bonds is 6. The number of H-pyrrole nitrogens is 1. The molecule has 1 aliphatic heterocycles. The van der Waals surface area contributed by atoms with Gasteiger partial charge in [0.25, 0.3) is 0 Å². The number of nitrogens with one attached hydrogen (secondary N) is 4. The lowest BCUT2D eigenvalue weighted by molar-refractivity contribution is -0.121. The lowest BCUT2D eigenvalue weighted by atomic mass is 10.2. The monoisotopic (exact) mass is 422 g/mol. The minimum absolute atomic E-state index is 0.0986. The molecule has 4 N–H and O–H groups in total. The standard InChI is InChI=1S/C21H19ClN6O2/c22-15-6-10-17(11-7-15)28-21(30)26-20(27-28)25-16-8-4-14(5-9-16)13-24-18-3-1-2-12-23-19(18)29/h1-12,18,24H,13H2,(H,23,29)(H2,25,26,27,30). The molecule has 0 aliphatic carbocycles. The van der Waals surface area contributed by atoms with E-state index in [-0.39, 0.29) is 17.6 Å². The van der Waals surface area contributed by atoms with Crippen LogP contribution in [-0.4, -0.2) is 26.7 Å². The quantitative estimate of drug-likeness (QED) is 0.489. The van der Waals surface area contributed by atoms with Gasteiger partial charge < -0.3 is 10.6 Å². The van der Waals surface area contributed by atoms with Crippen LogP contribution in [0.5, 0.6) is 0 Å². The first-order valence-electron chi connectivity index (χ1n) is 9.27. The molecule has 1 unspecified atom stereocenters. The summed E-state index contributed by atoms with van der Waals surface area (Å²) in [4.78, 5) is 26.8. The van der Waals surface area contributed by atoms with Crippen LogP contribution < -0.4 is 21.6 Å². The largest absolute Gasteiger partial charge is 0.349 e. The molecular weight excluding hydrogens is 404 g/mol. The second kappa shape index (κ2) is 8.81. The van der Waals surface area contributed by atoms with Gasteiger partial charge in [-0.2, -0.15) is 4.68 Å². The van der Waals surface area contributed by atoms with Crippen LogP contribution in [0.1, 0.15) is 5.56 Å². The van der Waals surface area contributed by atoms with Gasteiger partial charge in [0, 0.05) is 23.5 Å². The molecule has 2 aromatic carbocycles. The summed E-state index contributed by atoms with van der Waals surface area (Å²) in [6, 6.07) is 14.1. The third-order valence-corrected chi connectivity index (χ3v) is 4.70. The highest BCUT2D eigenvalue weighted by atomic mass is 35.5. The van der Waals surface area contributed by atoms with E-state index in [9.17, 15) is 9.59 Å². The Balaban J connectivity index is 1.39. The number of anilines is 2. The Morgan fingerprint density at radius 2 is 1.80 bits per heavy atom. The molecule has 0 bridgehead atoms. The van der Waals surface area contributed by atoms with Crippen molar-refractivity contribution in [3.05, 3.63) is 94.0 Å². The first kappa shape index (κ1) is 19.7. The minimum atomic E-state index is -0.389. The Hall–Kier alpha value is -3.62. The van der Waals surface area contributed by atoms with E-state index in [1.807, 2.05) is 36.4 Å². The molecule has 3 aromatic rings. The van der Waals surface area contributed by atoms with Crippen LogP contribution in [-0.2, 0) is 11.3 Å². The molecule has 4 rings (SSSR count). The predicted octanol–water partition coefficient (Wildman–Crippen LogP) is 2.62. The number of carbonyl (C=O) groups is 1. The molecule has 8 nitrogen and oxygen atoms in total. The summed E-state index contributed by atoms with van der Waals surface area (Å²) in [5.74, 6) is 0.229. The van der Waals surface area contributed by atoms with Crippen LogP contribution in [0.25, 0.3) is 5.69 Å². The molecule has 9 heteroatoms.